The summed E-state index contributed by atoms with van der Waals surface area (Å²) in [5.74, 6) is 0.820. The van der Waals surface area contributed by atoms with Gasteiger partial charge in [-0.25, -0.2) is 4.98 Å². The number of amides is 1. The summed E-state index contributed by atoms with van der Waals surface area (Å²) < 4.78 is 0. The molecule has 6 nitrogen and oxygen atoms in total. The van der Waals surface area contributed by atoms with Crippen molar-refractivity contribution in [2.24, 2.45) is 5.92 Å². The SMILES string of the molecule is CC[C@H]1CN(C(=O)c2ccc(-c3ncn[nH]3)cc2)CC[C@@]1(C)O. The van der Waals surface area contributed by atoms with Crippen LogP contribution in [0.15, 0.2) is 30.6 Å². The second-order valence-electron chi connectivity index (χ2n) is 6.37. The third-order valence-electron chi connectivity index (χ3n) is 4.81. The average Bonchev–Trinajstić information content (AvgIpc) is 3.09. The molecule has 1 aromatic carbocycles. The number of nitrogens with zero attached hydrogens (tertiary/aromatic N) is 3. The van der Waals surface area contributed by atoms with Gasteiger partial charge in [0, 0.05) is 30.1 Å². The van der Waals surface area contributed by atoms with Crippen LogP contribution in [0.4, 0.5) is 0 Å². The van der Waals surface area contributed by atoms with Crippen molar-refractivity contribution in [1.29, 1.82) is 0 Å². The summed E-state index contributed by atoms with van der Waals surface area (Å²) in [5.41, 5.74) is 0.874. The van der Waals surface area contributed by atoms with Gasteiger partial charge in [0.2, 0.25) is 0 Å². The van der Waals surface area contributed by atoms with E-state index in [9.17, 15) is 9.90 Å². The summed E-state index contributed by atoms with van der Waals surface area (Å²) >= 11 is 0. The van der Waals surface area contributed by atoms with E-state index in [0.717, 1.165) is 12.0 Å². The minimum Gasteiger partial charge on any atom is -0.390 e. The van der Waals surface area contributed by atoms with Crippen LogP contribution < -0.4 is 0 Å². The molecule has 1 saturated heterocycles. The van der Waals surface area contributed by atoms with Gasteiger partial charge in [-0.3, -0.25) is 9.89 Å². The number of piperidine rings is 1. The molecule has 2 N–H and O–H groups in total. The highest BCUT2D eigenvalue weighted by Crippen LogP contribution is 2.30. The summed E-state index contributed by atoms with van der Waals surface area (Å²) in [5, 5.41) is 17.0. The highest BCUT2D eigenvalue weighted by atomic mass is 16.3. The molecule has 1 aliphatic rings. The molecular weight excluding hydrogens is 292 g/mol. The lowest BCUT2D eigenvalue weighted by Gasteiger charge is -2.42. The van der Waals surface area contributed by atoms with Crippen molar-refractivity contribution in [2.45, 2.75) is 32.3 Å². The molecule has 1 aliphatic heterocycles. The summed E-state index contributed by atoms with van der Waals surface area (Å²) in [7, 11) is 0. The van der Waals surface area contributed by atoms with E-state index < -0.39 is 5.60 Å². The fraction of sp³-hybridized carbons (Fsp3) is 0.471. The monoisotopic (exact) mass is 314 g/mol. The lowest BCUT2D eigenvalue weighted by Crippen LogP contribution is -2.51. The Bertz CT molecular complexity index is 664. The molecule has 0 bridgehead atoms. The third-order valence-corrected chi connectivity index (χ3v) is 4.81. The zero-order valence-electron chi connectivity index (χ0n) is 13.5. The van der Waals surface area contributed by atoms with Gasteiger partial charge in [0.15, 0.2) is 5.82 Å². The third kappa shape index (κ3) is 3.12. The van der Waals surface area contributed by atoms with E-state index in [-0.39, 0.29) is 11.8 Å². The molecule has 0 aliphatic carbocycles. The number of aromatic nitrogens is 3. The fourth-order valence-corrected chi connectivity index (χ4v) is 3.17. The van der Waals surface area contributed by atoms with Gasteiger partial charge < -0.3 is 10.0 Å². The van der Waals surface area contributed by atoms with Gasteiger partial charge in [-0.05, 0) is 31.9 Å². The zero-order chi connectivity index (χ0) is 16.4. The number of aliphatic hydroxyl groups is 1. The van der Waals surface area contributed by atoms with Gasteiger partial charge in [-0.15, -0.1) is 0 Å². The highest BCUT2D eigenvalue weighted by molar-refractivity contribution is 5.94. The molecule has 6 heteroatoms. The Morgan fingerprint density at radius 3 is 2.78 bits per heavy atom. The summed E-state index contributed by atoms with van der Waals surface area (Å²) in [6, 6.07) is 7.36. The van der Waals surface area contributed by atoms with E-state index in [4.69, 9.17) is 0 Å². The van der Waals surface area contributed by atoms with Crippen LogP contribution >= 0.6 is 0 Å². The molecule has 2 heterocycles. The van der Waals surface area contributed by atoms with E-state index in [0.29, 0.717) is 30.9 Å². The van der Waals surface area contributed by atoms with E-state index in [1.165, 1.54) is 6.33 Å². The van der Waals surface area contributed by atoms with Gasteiger partial charge in [-0.1, -0.05) is 19.1 Å². The van der Waals surface area contributed by atoms with Gasteiger partial charge in [0.05, 0.1) is 5.60 Å². The Hall–Kier alpha value is -2.21. The van der Waals surface area contributed by atoms with Crippen molar-refractivity contribution >= 4 is 5.91 Å². The molecule has 0 saturated carbocycles. The first kappa shape index (κ1) is 15.7. The van der Waals surface area contributed by atoms with E-state index in [2.05, 4.69) is 22.1 Å². The van der Waals surface area contributed by atoms with Gasteiger partial charge >= 0.3 is 0 Å². The van der Waals surface area contributed by atoms with Gasteiger partial charge in [-0.2, -0.15) is 5.10 Å². The Morgan fingerprint density at radius 1 is 1.43 bits per heavy atom. The molecule has 23 heavy (non-hydrogen) atoms. The van der Waals surface area contributed by atoms with Crippen LogP contribution in [0, 0.1) is 5.92 Å². The molecule has 1 aromatic heterocycles. The normalized spacial score (nSPS) is 24.7. The van der Waals surface area contributed by atoms with Crippen molar-refractivity contribution in [3.8, 4) is 11.4 Å². The van der Waals surface area contributed by atoms with Gasteiger partial charge in [0.1, 0.15) is 6.33 Å². The minimum atomic E-state index is -0.679. The molecule has 0 spiro atoms. The number of hydrogen-bond donors (Lipinski definition) is 2. The first-order valence-corrected chi connectivity index (χ1v) is 7.98. The summed E-state index contributed by atoms with van der Waals surface area (Å²) in [4.78, 5) is 18.6. The minimum absolute atomic E-state index is 0.0167. The lowest BCUT2D eigenvalue weighted by molar-refractivity contribution is -0.0521. The van der Waals surface area contributed by atoms with Crippen molar-refractivity contribution in [2.75, 3.05) is 13.1 Å². The Kier molecular flexibility index (Phi) is 4.17. The smallest absolute Gasteiger partial charge is 0.253 e. The van der Waals surface area contributed by atoms with Crippen LogP contribution in [0.25, 0.3) is 11.4 Å². The first-order chi connectivity index (χ1) is 11.0. The quantitative estimate of drug-likeness (QED) is 0.909. The second-order valence-corrected chi connectivity index (χ2v) is 6.37. The molecular formula is C17H22N4O2. The first-order valence-electron chi connectivity index (χ1n) is 7.98. The topological polar surface area (TPSA) is 82.1 Å². The van der Waals surface area contributed by atoms with E-state index >= 15 is 0 Å². The molecule has 1 amide bonds. The molecule has 0 radical (unpaired) electrons. The van der Waals surface area contributed by atoms with Crippen LogP contribution in [0.2, 0.25) is 0 Å². The standard InChI is InChI=1S/C17H22N4O2/c1-3-14-10-21(9-8-17(14,2)23)16(22)13-6-4-12(5-7-13)15-18-11-19-20-15/h4-7,11,14,23H,3,8-10H2,1-2H3,(H,18,19,20)/t14-,17+/m0/s1. The van der Waals surface area contributed by atoms with Crippen LogP contribution in [0.5, 0.6) is 0 Å². The summed E-state index contributed by atoms with van der Waals surface area (Å²) in [6.45, 7) is 5.12. The fourth-order valence-electron chi connectivity index (χ4n) is 3.17. The number of nitrogens with one attached hydrogen (secondary N) is 1. The zero-order valence-corrected chi connectivity index (χ0v) is 13.5. The van der Waals surface area contributed by atoms with Crippen molar-refractivity contribution < 1.29 is 9.90 Å². The van der Waals surface area contributed by atoms with Crippen molar-refractivity contribution in [3.63, 3.8) is 0 Å². The molecule has 122 valence electrons. The second kappa shape index (κ2) is 6.12. The average molecular weight is 314 g/mol. The van der Waals surface area contributed by atoms with Crippen LogP contribution in [0.1, 0.15) is 37.0 Å². The predicted molar refractivity (Wildman–Crippen MR) is 86.7 cm³/mol. The molecule has 1 fully saturated rings. The largest absolute Gasteiger partial charge is 0.390 e. The summed E-state index contributed by atoms with van der Waals surface area (Å²) in [6.07, 6.45) is 2.94. The molecule has 3 rings (SSSR count). The highest BCUT2D eigenvalue weighted by Gasteiger charge is 2.37. The Morgan fingerprint density at radius 2 is 2.17 bits per heavy atom. The van der Waals surface area contributed by atoms with Crippen LogP contribution in [-0.4, -0.2) is 49.8 Å². The number of likely N-dealkylation sites (tertiary alicyclic amines) is 1. The van der Waals surface area contributed by atoms with Crippen LogP contribution in [-0.2, 0) is 0 Å². The van der Waals surface area contributed by atoms with E-state index in [1.807, 2.05) is 36.1 Å². The Balaban J connectivity index is 1.73. The van der Waals surface area contributed by atoms with Crippen molar-refractivity contribution in [1.82, 2.24) is 20.1 Å². The molecule has 0 unspecified atom stereocenters. The lowest BCUT2D eigenvalue weighted by atomic mass is 9.81. The number of H-pyrrole nitrogens is 1. The number of aromatic amines is 1. The number of carbonyl (C=O) groups excluding carboxylic acids is 1. The number of rotatable bonds is 3. The number of carbonyl (C=O) groups is 1. The van der Waals surface area contributed by atoms with Crippen LogP contribution in [0.3, 0.4) is 0 Å². The predicted octanol–water partition coefficient (Wildman–Crippen LogP) is 2.09. The van der Waals surface area contributed by atoms with E-state index in [1.54, 1.807) is 0 Å². The Labute approximate surface area is 135 Å². The maximum absolute atomic E-state index is 12.7. The number of hydrogen-bond acceptors (Lipinski definition) is 4. The molecule has 2 atom stereocenters. The molecule has 2 aromatic rings. The maximum atomic E-state index is 12.7. The number of benzene rings is 1. The van der Waals surface area contributed by atoms with Gasteiger partial charge in [0.25, 0.3) is 5.91 Å². The van der Waals surface area contributed by atoms with Crippen molar-refractivity contribution in [3.05, 3.63) is 36.2 Å². The maximum Gasteiger partial charge on any atom is 0.253 e.